The SMILES string of the molecule is Cc1ccc(C(O)c2cccc(Cl)c2Cl)c(C)c1. The lowest BCUT2D eigenvalue weighted by Crippen LogP contribution is -2.03. The summed E-state index contributed by atoms with van der Waals surface area (Å²) in [4.78, 5) is 0. The molecule has 0 fully saturated rings. The van der Waals surface area contributed by atoms with Crippen molar-refractivity contribution in [2.45, 2.75) is 20.0 Å². The van der Waals surface area contributed by atoms with Gasteiger partial charge in [-0.05, 0) is 31.0 Å². The van der Waals surface area contributed by atoms with Crippen LogP contribution in [0, 0.1) is 13.8 Å². The fraction of sp³-hybridized carbons (Fsp3) is 0.200. The molecule has 0 bridgehead atoms. The molecule has 0 heterocycles. The van der Waals surface area contributed by atoms with E-state index in [1.165, 1.54) is 5.56 Å². The van der Waals surface area contributed by atoms with Gasteiger partial charge >= 0.3 is 0 Å². The van der Waals surface area contributed by atoms with Crippen LogP contribution in [0.4, 0.5) is 0 Å². The van der Waals surface area contributed by atoms with Gasteiger partial charge in [-0.3, -0.25) is 0 Å². The van der Waals surface area contributed by atoms with Crippen LogP contribution in [0.15, 0.2) is 36.4 Å². The van der Waals surface area contributed by atoms with Gasteiger partial charge in [-0.2, -0.15) is 0 Å². The summed E-state index contributed by atoms with van der Waals surface area (Å²) in [5, 5.41) is 11.3. The average Bonchev–Trinajstić information content (AvgIpc) is 2.32. The molecule has 0 radical (unpaired) electrons. The molecule has 0 aromatic heterocycles. The van der Waals surface area contributed by atoms with Crippen molar-refractivity contribution in [1.29, 1.82) is 0 Å². The van der Waals surface area contributed by atoms with Gasteiger partial charge in [-0.25, -0.2) is 0 Å². The second-order valence-electron chi connectivity index (χ2n) is 4.41. The second-order valence-corrected chi connectivity index (χ2v) is 5.19. The van der Waals surface area contributed by atoms with Gasteiger partial charge in [0.2, 0.25) is 0 Å². The van der Waals surface area contributed by atoms with Gasteiger partial charge in [0.25, 0.3) is 0 Å². The molecule has 0 saturated carbocycles. The first-order chi connectivity index (χ1) is 8.50. The van der Waals surface area contributed by atoms with Crippen molar-refractivity contribution in [2.75, 3.05) is 0 Å². The molecule has 1 unspecified atom stereocenters. The first kappa shape index (κ1) is 13.4. The number of rotatable bonds is 2. The zero-order valence-corrected chi connectivity index (χ0v) is 11.8. The number of hydrogen-bond donors (Lipinski definition) is 1. The lowest BCUT2D eigenvalue weighted by Gasteiger charge is -2.16. The van der Waals surface area contributed by atoms with Crippen LogP contribution in [0.5, 0.6) is 0 Å². The van der Waals surface area contributed by atoms with Crippen LogP contribution >= 0.6 is 23.2 Å². The van der Waals surface area contributed by atoms with Crippen LogP contribution in [0.2, 0.25) is 10.0 Å². The normalized spacial score (nSPS) is 12.5. The molecule has 1 N–H and O–H groups in total. The van der Waals surface area contributed by atoms with Gasteiger partial charge in [-0.15, -0.1) is 0 Å². The van der Waals surface area contributed by atoms with Crippen LogP contribution in [0.25, 0.3) is 0 Å². The zero-order chi connectivity index (χ0) is 13.3. The predicted molar refractivity (Wildman–Crippen MR) is 76.4 cm³/mol. The molecule has 2 aromatic rings. The number of aliphatic hydroxyl groups is 1. The summed E-state index contributed by atoms with van der Waals surface area (Å²) in [5.41, 5.74) is 3.69. The van der Waals surface area contributed by atoms with E-state index in [4.69, 9.17) is 23.2 Å². The Labute approximate surface area is 117 Å². The molecule has 0 spiro atoms. The average molecular weight is 281 g/mol. The van der Waals surface area contributed by atoms with Gasteiger partial charge in [0.1, 0.15) is 6.10 Å². The van der Waals surface area contributed by atoms with Gasteiger partial charge in [-0.1, -0.05) is 59.1 Å². The summed E-state index contributed by atoms with van der Waals surface area (Å²) < 4.78 is 0. The summed E-state index contributed by atoms with van der Waals surface area (Å²) >= 11 is 12.1. The monoisotopic (exact) mass is 280 g/mol. The van der Waals surface area contributed by atoms with Crippen LogP contribution in [-0.2, 0) is 0 Å². The molecule has 0 aliphatic heterocycles. The van der Waals surface area contributed by atoms with E-state index in [9.17, 15) is 5.11 Å². The Balaban J connectivity index is 2.48. The highest BCUT2D eigenvalue weighted by molar-refractivity contribution is 6.42. The molecule has 2 rings (SSSR count). The third kappa shape index (κ3) is 2.54. The van der Waals surface area contributed by atoms with E-state index in [0.29, 0.717) is 15.6 Å². The summed E-state index contributed by atoms with van der Waals surface area (Å²) in [5.74, 6) is 0. The fourth-order valence-electron chi connectivity index (χ4n) is 2.03. The van der Waals surface area contributed by atoms with Crippen LogP contribution < -0.4 is 0 Å². The minimum absolute atomic E-state index is 0.409. The molecule has 1 nitrogen and oxygen atoms in total. The van der Waals surface area contributed by atoms with Gasteiger partial charge in [0, 0.05) is 5.56 Å². The summed E-state index contributed by atoms with van der Waals surface area (Å²) in [6.07, 6.45) is -0.753. The van der Waals surface area contributed by atoms with Gasteiger partial charge < -0.3 is 5.11 Å². The smallest absolute Gasteiger partial charge is 0.106 e. The number of aryl methyl sites for hydroxylation is 2. The van der Waals surface area contributed by atoms with Gasteiger partial charge in [0.15, 0.2) is 0 Å². The van der Waals surface area contributed by atoms with Crippen LogP contribution in [0.1, 0.15) is 28.4 Å². The molecule has 1 atom stereocenters. The van der Waals surface area contributed by atoms with E-state index in [2.05, 4.69) is 0 Å². The van der Waals surface area contributed by atoms with Crippen molar-refractivity contribution in [3.8, 4) is 0 Å². The number of benzene rings is 2. The molecule has 0 saturated heterocycles. The highest BCUT2D eigenvalue weighted by Crippen LogP contribution is 2.34. The van der Waals surface area contributed by atoms with Gasteiger partial charge in [0.05, 0.1) is 10.0 Å². The summed E-state index contributed by atoms with van der Waals surface area (Å²) in [6, 6.07) is 11.2. The van der Waals surface area contributed by atoms with E-state index in [1.54, 1.807) is 18.2 Å². The highest BCUT2D eigenvalue weighted by Gasteiger charge is 2.17. The number of hydrogen-bond acceptors (Lipinski definition) is 1. The largest absolute Gasteiger partial charge is 0.384 e. The lowest BCUT2D eigenvalue weighted by molar-refractivity contribution is 0.219. The lowest BCUT2D eigenvalue weighted by atomic mass is 9.96. The zero-order valence-electron chi connectivity index (χ0n) is 10.2. The van der Waals surface area contributed by atoms with Crippen molar-refractivity contribution in [1.82, 2.24) is 0 Å². The molecule has 18 heavy (non-hydrogen) atoms. The minimum Gasteiger partial charge on any atom is -0.384 e. The third-order valence-electron chi connectivity index (χ3n) is 3.00. The Morgan fingerprint density at radius 1 is 1.00 bits per heavy atom. The first-order valence-corrected chi connectivity index (χ1v) is 6.45. The van der Waals surface area contributed by atoms with Crippen molar-refractivity contribution >= 4 is 23.2 Å². The number of aliphatic hydroxyl groups excluding tert-OH is 1. The minimum atomic E-state index is -0.753. The van der Waals surface area contributed by atoms with Crippen molar-refractivity contribution in [3.05, 3.63) is 68.7 Å². The van der Waals surface area contributed by atoms with Crippen molar-refractivity contribution < 1.29 is 5.11 Å². The maximum Gasteiger partial charge on any atom is 0.106 e. The van der Waals surface area contributed by atoms with E-state index >= 15 is 0 Å². The Morgan fingerprint density at radius 2 is 1.72 bits per heavy atom. The Kier molecular flexibility index (Phi) is 3.96. The molecule has 0 aliphatic carbocycles. The van der Waals surface area contributed by atoms with Crippen LogP contribution in [-0.4, -0.2) is 5.11 Å². The molecule has 3 heteroatoms. The molecule has 94 valence electrons. The second kappa shape index (κ2) is 5.31. The number of halogens is 2. The maximum atomic E-state index is 10.4. The predicted octanol–water partition coefficient (Wildman–Crippen LogP) is 4.69. The molecule has 2 aromatic carbocycles. The fourth-order valence-corrected chi connectivity index (χ4v) is 2.44. The molecular formula is C15H14Cl2O. The Hall–Kier alpha value is -1.02. The van der Waals surface area contributed by atoms with Crippen LogP contribution in [0.3, 0.4) is 0 Å². The van der Waals surface area contributed by atoms with E-state index in [0.717, 1.165) is 11.1 Å². The van der Waals surface area contributed by atoms with E-state index in [-0.39, 0.29) is 0 Å². The Bertz CT molecular complexity index is 579. The molecule has 0 amide bonds. The first-order valence-electron chi connectivity index (χ1n) is 5.70. The standard InChI is InChI=1S/C15H14Cl2O/c1-9-6-7-11(10(2)8-9)15(18)12-4-3-5-13(16)14(12)17/h3-8,15,18H,1-2H3. The summed E-state index contributed by atoms with van der Waals surface area (Å²) in [7, 11) is 0. The van der Waals surface area contributed by atoms with E-state index in [1.807, 2.05) is 32.0 Å². The Morgan fingerprint density at radius 3 is 2.39 bits per heavy atom. The highest BCUT2D eigenvalue weighted by atomic mass is 35.5. The third-order valence-corrected chi connectivity index (χ3v) is 3.83. The molecular weight excluding hydrogens is 267 g/mol. The summed E-state index contributed by atoms with van der Waals surface area (Å²) in [6.45, 7) is 4.00. The molecule has 0 aliphatic rings. The van der Waals surface area contributed by atoms with E-state index < -0.39 is 6.10 Å². The van der Waals surface area contributed by atoms with Crippen molar-refractivity contribution in [3.63, 3.8) is 0 Å². The maximum absolute atomic E-state index is 10.4. The van der Waals surface area contributed by atoms with Crippen molar-refractivity contribution in [2.24, 2.45) is 0 Å². The quantitative estimate of drug-likeness (QED) is 0.846. The topological polar surface area (TPSA) is 20.2 Å².